The minimum atomic E-state index is -0.109. The molecule has 0 aliphatic carbocycles. The molecule has 5 heteroatoms. The summed E-state index contributed by atoms with van der Waals surface area (Å²) in [6.07, 6.45) is 5.18. The van der Waals surface area contributed by atoms with E-state index < -0.39 is 0 Å². The van der Waals surface area contributed by atoms with Gasteiger partial charge in [-0.05, 0) is 32.0 Å². The number of aryl methyl sites for hydroxylation is 1. The second-order valence-electron chi connectivity index (χ2n) is 4.29. The molecule has 0 aliphatic heterocycles. The van der Waals surface area contributed by atoms with Crippen molar-refractivity contribution in [2.45, 2.75) is 26.4 Å². The normalized spacial score (nSPS) is 12.1. The van der Waals surface area contributed by atoms with E-state index in [4.69, 9.17) is 0 Å². The molecular formula is C13H16N4O. The lowest BCUT2D eigenvalue weighted by Gasteiger charge is -2.13. The molecule has 5 nitrogen and oxygen atoms in total. The molecule has 0 bridgehead atoms. The van der Waals surface area contributed by atoms with Crippen LogP contribution in [0.25, 0.3) is 0 Å². The van der Waals surface area contributed by atoms with Gasteiger partial charge in [0.05, 0.1) is 12.1 Å². The molecular weight excluding hydrogens is 228 g/mol. The minimum absolute atomic E-state index is 0.0127. The largest absolute Gasteiger partial charge is 0.348 e. The van der Waals surface area contributed by atoms with Crippen LogP contribution in [0.5, 0.6) is 0 Å². The van der Waals surface area contributed by atoms with Crippen LogP contribution in [-0.4, -0.2) is 26.7 Å². The van der Waals surface area contributed by atoms with Crippen molar-refractivity contribution in [2.24, 2.45) is 0 Å². The smallest absolute Gasteiger partial charge is 0.253 e. The summed E-state index contributed by atoms with van der Waals surface area (Å²) in [7, 11) is 0. The number of aromatic nitrogens is 3. The number of amides is 1. The summed E-state index contributed by atoms with van der Waals surface area (Å²) < 4.78 is 1.79. The van der Waals surface area contributed by atoms with Gasteiger partial charge in [-0.15, -0.1) is 0 Å². The molecule has 2 aromatic rings. The molecule has 1 amide bonds. The molecule has 2 rings (SSSR count). The third kappa shape index (κ3) is 3.16. The monoisotopic (exact) mass is 244 g/mol. The van der Waals surface area contributed by atoms with Crippen LogP contribution in [0.2, 0.25) is 0 Å². The summed E-state index contributed by atoms with van der Waals surface area (Å²) in [5.74, 6) is -0.109. The maximum atomic E-state index is 11.9. The first kappa shape index (κ1) is 12.3. The van der Waals surface area contributed by atoms with E-state index in [1.54, 1.807) is 23.1 Å². The van der Waals surface area contributed by atoms with Crippen LogP contribution in [0.4, 0.5) is 0 Å². The van der Waals surface area contributed by atoms with Crippen LogP contribution in [-0.2, 0) is 6.54 Å². The summed E-state index contributed by atoms with van der Waals surface area (Å²) in [6, 6.07) is 5.47. The van der Waals surface area contributed by atoms with Gasteiger partial charge >= 0.3 is 0 Å². The van der Waals surface area contributed by atoms with Gasteiger partial charge in [0.2, 0.25) is 0 Å². The molecule has 94 valence electrons. The quantitative estimate of drug-likeness (QED) is 0.884. The molecule has 0 saturated heterocycles. The van der Waals surface area contributed by atoms with E-state index in [0.717, 1.165) is 5.69 Å². The number of carbonyl (C=O) groups excluding carboxylic acids is 1. The highest BCUT2D eigenvalue weighted by atomic mass is 16.1. The first-order valence-electron chi connectivity index (χ1n) is 5.86. The Morgan fingerprint density at radius 3 is 2.94 bits per heavy atom. The van der Waals surface area contributed by atoms with Gasteiger partial charge < -0.3 is 5.32 Å². The Hall–Kier alpha value is -2.17. The number of hydrogen-bond acceptors (Lipinski definition) is 3. The number of nitrogens with zero attached hydrogens (tertiary/aromatic N) is 3. The van der Waals surface area contributed by atoms with Crippen LogP contribution in [0.15, 0.2) is 36.8 Å². The van der Waals surface area contributed by atoms with Crippen LogP contribution in [0, 0.1) is 6.92 Å². The molecule has 2 aromatic heterocycles. The Kier molecular flexibility index (Phi) is 3.72. The fourth-order valence-corrected chi connectivity index (χ4v) is 1.64. The van der Waals surface area contributed by atoms with Crippen molar-refractivity contribution in [1.82, 2.24) is 20.1 Å². The Bertz CT molecular complexity index is 504. The predicted octanol–water partition coefficient (Wildman–Crippen LogP) is 1.41. The standard InChI is InChI=1S/C13H16N4O/c1-10-4-5-12(8-14-10)13(18)16-11(2)9-17-7-3-6-15-17/h3-8,11H,9H2,1-2H3,(H,16,18)/t11-/m0/s1. The first-order chi connectivity index (χ1) is 8.65. The molecule has 0 fully saturated rings. The van der Waals surface area contributed by atoms with Crippen molar-refractivity contribution in [3.63, 3.8) is 0 Å². The van der Waals surface area contributed by atoms with E-state index in [0.29, 0.717) is 12.1 Å². The van der Waals surface area contributed by atoms with Gasteiger partial charge in [-0.3, -0.25) is 14.5 Å². The summed E-state index contributed by atoms with van der Waals surface area (Å²) in [5, 5.41) is 7.02. The predicted molar refractivity (Wildman–Crippen MR) is 68.1 cm³/mol. The Morgan fingerprint density at radius 1 is 1.50 bits per heavy atom. The molecule has 0 aromatic carbocycles. The van der Waals surface area contributed by atoms with Crippen LogP contribution >= 0.6 is 0 Å². The molecule has 2 heterocycles. The number of carbonyl (C=O) groups is 1. The summed E-state index contributed by atoms with van der Waals surface area (Å²) >= 11 is 0. The average molecular weight is 244 g/mol. The molecule has 0 spiro atoms. The third-order valence-electron chi connectivity index (χ3n) is 2.57. The van der Waals surface area contributed by atoms with Crippen molar-refractivity contribution in [3.8, 4) is 0 Å². The highest BCUT2D eigenvalue weighted by Crippen LogP contribution is 2.00. The number of pyridine rings is 1. The van der Waals surface area contributed by atoms with E-state index in [1.165, 1.54) is 0 Å². The third-order valence-corrected chi connectivity index (χ3v) is 2.57. The molecule has 0 radical (unpaired) electrons. The maximum absolute atomic E-state index is 11.9. The SMILES string of the molecule is Cc1ccc(C(=O)N[C@@H](C)Cn2cccn2)cn1. The van der Waals surface area contributed by atoms with Crippen molar-refractivity contribution < 1.29 is 4.79 Å². The van der Waals surface area contributed by atoms with Gasteiger partial charge in [-0.2, -0.15) is 5.10 Å². The van der Waals surface area contributed by atoms with Crippen molar-refractivity contribution in [2.75, 3.05) is 0 Å². The lowest BCUT2D eigenvalue weighted by atomic mass is 10.2. The molecule has 1 N–H and O–H groups in total. The van der Waals surface area contributed by atoms with Crippen LogP contribution < -0.4 is 5.32 Å². The summed E-state index contributed by atoms with van der Waals surface area (Å²) in [6.45, 7) is 4.49. The highest BCUT2D eigenvalue weighted by Gasteiger charge is 2.10. The lowest BCUT2D eigenvalue weighted by molar-refractivity contribution is 0.0935. The van der Waals surface area contributed by atoms with E-state index in [-0.39, 0.29) is 11.9 Å². The molecule has 18 heavy (non-hydrogen) atoms. The van der Waals surface area contributed by atoms with Gasteiger partial charge in [0.25, 0.3) is 5.91 Å². The second-order valence-corrected chi connectivity index (χ2v) is 4.29. The fraction of sp³-hybridized carbons (Fsp3) is 0.308. The molecule has 0 unspecified atom stereocenters. The van der Waals surface area contributed by atoms with E-state index in [9.17, 15) is 4.79 Å². The van der Waals surface area contributed by atoms with Gasteiger partial charge in [0.1, 0.15) is 0 Å². The van der Waals surface area contributed by atoms with Crippen LogP contribution in [0.1, 0.15) is 23.0 Å². The Balaban J connectivity index is 1.92. The zero-order valence-corrected chi connectivity index (χ0v) is 10.5. The number of nitrogens with one attached hydrogen (secondary N) is 1. The zero-order valence-electron chi connectivity index (χ0n) is 10.5. The Labute approximate surface area is 106 Å². The van der Waals surface area contributed by atoms with E-state index in [2.05, 4.69) is 15.4 Å². The lowest BCUT2D eigenvalue weighted by Crippen LogP contribution is -2.35. The first-order valence-corrected chi connectivity index (χ1v) is 5.86. The zero-order chi connectivity index (χ0) is 13.0. The molecule has 1 atom stereocenters. The summed E-state index contributed by atoms with van der Waals surface area (Å²) in [4.78, 5) is 16.0. The van der Waals surface area contributed by atoms with Crippen molar-refractivity contribution in [1.29, 1.82) is 0 Å². The van der Waals surface area contributed by atoms with Gasteiger partial charge in [0, 0.05) is 30.3 Å². The molecule has 0 aliphatic rings. The van der Waals surface area contributed by atoms with Crippen molar-refractivity contribution >= 4 is 5.91 Å². The van der Waals surface area contributed by atoms with Gasteiger partial charge in [-0.25, -0.2) is 0 Å². The molecule has 0 saturated carbocycles. The fourth-order valence-electron chi connectivity index (χ4n) is 1.64. The topological polar surface area (TPSA) is 59.8 Å². The minimum Gasteiger partial charge on any atom is -0.348 e. The van der Waals surface area contributed by atoms with Crippen molar-refractivity contribution in [3.05, 3.63) is 48.0 Å². The van der Waals surface area contributed by atoms with E-state index >= 15 is 0 Å². The Morgan fingerprint density at radius 2 is 2.33 bits per heavy atom. The van der Waals surface area contributed by atoms with Crippen LogP contribution in [0.3, 0.4) is 0 Å². The van der Waals surface area contributed by atoms with Gasteiger partial charge in [-0.1, -0.05) is 0 Å². The number of hydrogen-bond donors (Lipinski definition) is 1. The van der Waals surface area contributed by atoms with Gasteiger partial charge in [0.15, 0.2) is 0 Å². The number of rotatable bonds is 4. The highest BCUT2D eigenvalue weighted by molar-refractivity contribution is 5.94. The van der Waals surface area contributed by atoms with E-state index in [1.807, 2.05) is 32.2 Å². The second kappa shape index (κ2) is 5.44. The summed E-state index contributed by atoms with van der Waals surface area (Å²) in [5.41, 5.74) is 1.48. The maximum Gasteiger partial charge on any atom is 0.253 e. The average Bonchev–Trinajstić information content (AvgIpc) is 2.82.